The molecule has 0 bridgehead atoms. The lowest BCUT2D eigenvalue weighted by Gasteiger charge is -1.21. The van der Waals surface area contributed by atoms with Crippen LogP contribution in [0.1, 0.15) is 0 Å². The molecular formula is C3H13ClO3. The van der Waals surface area contributed by atoms with Crippen molar-refractivity contribution in [2.75, 3.05) is 21.3 Å². The van der Waals surface area contributed by atoms with Crippen LogP contribution in [0.15, 0.2) is 0 Å². The Hall–Kier alpha value is 0.170. The summed E-state index contributed by atoms with van der Waals surface area (Å²) in [6, 6.07) is 0. The molecule has 3 N–H and O–H groups in total. The fraction of sp³-hybridized carbons (Fsp3) is 1.00. The van der Waals surface area contributed by atoms with Crippen LogP contribution >= 0.6 is 12.4 Å². The Kier molecular flexibility index (Phi) is 22100. The Bertz CT molecular complexity index is 10.1. The molecule has 4 heteroatoms. The number of aliphatic hydroxyl groups excluding tert-OH is 3. The molecule has 0 aromatic carbocycles. The summed E-state index contributed by atoms with van der Waals surface area (Å²) in [6.07, 6.45) is 0. The van der Waals surface area contributed by atoms with E-state index in [1.807, 2.05) is 0 Å². The molecule has 0 amide bonds. The molecule has 0 saturated heterocycles. The van der Waals surface area contributed by atoms with Gasteiger partial charge < -0.3 is 15.3 Å². The van der Waals surface area contributed by atoms with Gasteiger partial charge in [0.05, 0.1) is 0 Å². The third-order valence-corrected chi connectivity index (χ3v) is 0. The van der Waals surface area contributed by atoms with Gasteiger partial charge in [-0.15, -0.1) is 12.4 Å². The molecule has 0 aliphatic heterocycles. The standard InChI is InChI=1S/3CH4O.ClH/c3*1-2;/h3*2H,1H3;1H. The summed E-state index contributed by atoms with van der Waals surface area (Å²) in [5.74, 6) is 0. The average Bonchev–Trinajstić information content (AvgIpc) is 1.81. The minimum Gasteiger partial charge on any atom is -0.400 e. The zero-order valence-corrected chi connectivity index (χ0v) is 5.57. The van der Waals surface area contributed by atoms with Gasteiger partial charge in [-0.3, -0.25) is 0 Å². The highest BCUT2D eigenvalue weighted by Gasteiger charge is 0.843. The maximum Gasteiger partial charge on any atom is 0.0319 e. The smallest absolute Gasteiger partial charge is 0.0319 e. The van der Waals surface area contributed by atoms with Crippen molar-refractivity contribution in [1.29, 1.82) is 0 Å². The maximum absolute atomic E-state index is 7.00. The van der Waals surface area contributed by atoms with Crippen LogP contribution in [0.2, 0.25) is 0 Å². The van der Waals surface area contributed by atoms with Crippen LogP contribution in [-0.2, 0) is 0 Å². The van der Waals surface area contributed by atoms with E-state index in [1.165, 1.54) is 0 Å². The summed E-state index contributed by atoms with van der Waals surface area (Å²) in [5, 5.41) is 21.0. The van der Waals surface area contributed by atoms with Gasteiger partial charge >= 0.3 is 0 Å². The molecule has 0 unspecified atom stereocenters. The molecule has 0 aromatic rings. The van der Waals surface area contributed by atoms with Gasteiger partial charge in [-0.2, -0.15) is 0 Å². The second-order valence-corrected chi connectivity index (χ2v) is 0. The molecule has 0 aromatic heterocycles. The number of hydrogen-bond acceptors (Lipinski definition) is 3. The lowest BCUT2D eigenvalue weighted by atomic mass is 11.8. The summed E-state index contributed by atoms with van der Waals surface area (Å²) in [6.45, 7) is 0. The molecule has 3 nitrogen and oxygen atoms in total. The van der Waals surface area contributed by atoms with Gasteiger partial charge in [0.2, 0.25) is 0 Å². The highest BCUT2D eigenvalue weighted by Crippen LogP contribution is 0.759. The topological polar surface area (TPSA) is 60.7 Å². The highest BCUT2D eigenvalue weighted by atomic mass is 35.5. The number of aliphatic hydroxyl groups is 3. The van der Waals surface area contributed by atoms with Crippen LogP contribution in [0.5, 0.6) is 0 Å². The van der Waals surface area contributed by atoms with Crippen LogP contribution in [0.3, 0.4) is 0 Å². The van der Waals surface area contributed by atoms with Crippen LogP contribution in [0, 0.1) is 0 Å². The van der Waals surface area contributed by atoms with E-state index in [0.717, 1.165) is 21.3 Å². The largest absolute Gasteiger partial charge is 0.400 e. The third-order valence-electron chi connectivity index (χ3n) is 0. The summed E-state index contributed by atoms with van der Waals surface area (Å²) >= 11 is 0. The van der Waals surface area contributed by atoms with Crippen LogP contribution in [0.25, 0.3) is 0 Å². The lowest BCUT2D eigenvalue weighted by molar-refractivity contribution is 0.399. The summed E-state index contributed by atoms with van der Waals surface area (Å²) in [4.78, 5) is 0. The zero-order valence-electron chi connectivity index (χ0n) is 4.75. The van der Waals surface area contributed by atoms with Crippen molar-refractivity contribution in [3.05, 3.63) is 0 Å². The lowest BCUT2D eigenvalue weighted by Crippen LogP contribution is -1.25. The predicted molar refractivity (Wildman–Crippen MR) is 31.7 cm³/mol. The fourth-order valence-corrected chi connectivity index (χ4v) is 0. The zero-order chi connectivity index (χ0) is 6.00. The van der Waals surface area contributed by atoms with Crippen molar-refractivity contribution in [2.24, 2.45) is 0 Å². The van der Waals surface area contributed by atoms with Crippen LogP contribution < -0.4 is 0 Å². The van der Waals surface area contributed by atoms with E-state index >= 15 is 0 Å². The second kappa shape index (κ2) is 5710. The highest BCUT2D eigenvalue weighted by molar-refractivity contribution is 5.85. The molecule has 0 atom stereocenters. The van der Waals surface area contributed by atoms with Crippen molar-refractivity contribution in [3.63, 3.8) is 0 Å². The van der Waals surface area contributed by atoms with Gasteiger partial charge in [0, 0.05) is 21.3 Å². The molecule has 0 rings (SSSR count). The van der Waals surface area contributed by atoms with Crippen LogP contribution in [0.4, 0.5) is 0 Å². The van der Waals surface area contributed by atoms with E-state index in [1.54, 1.807) is 0 Å². The van der Waals surface area contributed by atoms with E-state index in [4.69, 9.17) is 15.3 Å². The Morgan fingerprint density at radius 2 is 0.571 bits per heavy atom. The predicted octanol–water partition coefficient (Wildman–Crippen LogP) is -0.753. The first-order chi connectivity index (χ1) is 3.00. The SMILES string of the molecule is CO.CO.CO.Cl. The van der Waals surface area contributed by atoms with Crippen molar-refractivity contribution in [2.45, 2.75) is 0 Å². The molecule has 0 fully saturated rings. The summed E-state index contributed by atoms with van der Waals surface area (Å²) in [7, 11) is 3.00. The summed E-state index contributed by atoms with van der Waals surface area (Å²) < 4.78 is 0. The van der Waals surface area contributed by atoms with E-state index in [2.05, 4.69) is 0 Å². The number of rotatable bonds is 0. The Morgan fingerprint density at radius 1 is 0.571 bits per heavy atom. The van der Waals surface area contributed by atoms with Crippen molar-refractivity contribution in [3.8, 4) is 0 Å². The first kappa shape index (κ1) is 27.2. The molecule has 0 spiro atoms. The molecule has 50 valence electrons. The third kappa shape index (κ3) is 3710. The van der Waals surface area contributed by atoms with Gasteiger partial charge in [-0.1, -0.05) is 0 Å². The van der Waals surface area contributed by atoms with E-state index in [0.29, 0.717) is 0 Å². The number of halogens is 1. The quantitative estimate of drug-likeness (QED) is 0.407. The fourth-order valence-electron chi connectivity index (χ4n) is 0. The van der Waals surface area contributed by atoms with Gasteiger partial charge in [-0.25, -0.2) is 0 Å². The normalized spacial score (nSPS) is 2.57. The number of hydrogen-bond donors (Lipinski definition) is 3. The van der Waals surface area contributed by atoms with Gasteiger partial charge in [-0.05, 0) is 0 Å². The molecule has 0 radical (unpaired) electrons. The Morgan fingerprint density at radius 3 is 0.571 bits per heavy atom. The second-order valence-electron chi connectivity index (χ2n) is 0. The molecule has 0 aliphatic carbocycles. The van der Waals surface area contributed by atoms with Gasteiger partial charge in [0.25, 0.3) is 0 Å². The molecule has 0 aliphatic rings. The molecule has 7 heavy (non-hydrogen) atoms. The molecular weight excluding hydrogens is 119 g/mol. The summed E-state index contributed by atoms with van der Waals surface area (Å²) in [5.41, 5.74) is 0. The molecule has 0 heterocycles. The minimum absolute atomic E-state index is 0. The van der Waals surface area contributed by atoms with Crippen molar-refractivity contribution >= 4 is 12.4 Å². The Labute approximate surface area is 50.0 Å². The minimum atomic E-state index is 0. The average molecular weight is 133 g/mol. The first-order valence-corrected chi connectivity index (χ1v) is 1.34. The van der Waals surface area contributed by atoms with Gasteiger partial charge in [0.1, 0.15) is 0 Å². The first-order valence-electron chi connectivity index (χ1n) is 1.34. The van der Waals surface area contributed by atoms with E-state index in [9.17, 15) is 0 Å². The van der Waals surface area contributed by atoms with Crippen molar-refractivity contribution < 1.29 is 15.3 Å². The maximum atomic E-state index is 7.00. The van der Waals surface area contributed by atoms with Gasteiger partial charge in [0.15, 0.2) is 0 Å². The monoisotopic (exact) mass is 132 g/mol. The van der Waals surface area contributed by atoms with Crippen LogP contribution in [-0.4, -0.2) is 36.6 Å². The Balaban J connectivity index is -0.00000000900. The van der Waals surface area contributed by atoms with E-state index in [-0.39, 0.29) is 12.4 Å². The van der Waals surface area contributed by atoms with E-state index < -0.39 is 0 Å². The molecule has 0 saturated carbocycles. The van der Waals surface area contributed by atoms with Crippen molar-refractivity contribution in [1.82, 2.24) is 0 Å².